The molecule has 184 valence electrons. The molecule has 2 fully saturated rings. The van der Waals surface area contributed by atoms with Gasteiger partial charge < -0.3 is 34.6 Å². The van der Waals surface area contributed by atoms with Crippen LogP contribution in [0.25, 0.3) is 0 Å². The van der Waals surface area contributed by atoms with Gasteiger partial charge in [-0.2, -0.15) is 0 Å². The highest BCUT2D eigenvalue weighted by Crippen LogP contribution is 2.39. The molecule has 0 aliphatic carbocycles. The van der Waals surface area contributed by atoms with Gasteiger partial charge in [0.15, 0.2) is 12.6 Å². The molecular formula is C24H46O7. The Labute approximate surface area is 188 Å². The topological polar surface area (TPSA) is 109 Å². The summed E-state index contributed by atoms with van der Waals surface area (Å²) in [5.41, 5.74) is 0. The molecule has 10 atom stereocenters. The van der Waals surface area contributed by atoms with Crippen LogP contribution in [0.4, 0.5) is 0 Å². The summed E-state index contributed by atoms with van der Waals surface area (Å²) in [5.74, 6) is 0.479. The van der Waals surface area contributed by atoms with Gasteiger partial charge in [-0.25, -0.2) is 0 Å². The Morgan fingerprint density at radius 3 is 1.16 bits per heavy atom. The number of aliphatic hydroxyl groups excluding tert-OH is 4. The average molecular weight is 447 g/mol. The molecule has 0 amide bonds. The van der Waals surface area contributed by atoms with Crippen LogP contribution in [0.1, 0.15) is 68.2 Å². The van der Waals surface area contributed by atoms with E-state index in [1.54, 1.807) is 0 Å². The second-order valence-corrected chi connectivity index (χ2v) is 11.1. The van der Waals surface area contributed by atoms with Crippen LogP contribution >= 0.6 is 0 Å². The predicted molar refractivity (Wildman–Crippen MR) is 118 cm³/mol. The number of hydrogen-bond donors (Lipinski definition) is 4. The summed E-state index contributed by atoms with van der Waals surface area (Å²) in [5, 5.41) is 43.2. The van der Waals surface area contributed by atoms with E-state index in [1.165, 1.54) is 0 Å². The molecule has 0 aromatic heterocycles. The summed E-state index contributed by atoms with van der Waals surface area (Å²) in [6.45, 7) is 16.4. The van der Waals surface area contributed by atoms with E-state index in [2.05, 4.69) is 27.7 Å². The third-order valence-electron chi connectivity index (χ3n) is 6.74. The largest absolute Gasteiger partial charge is 0.390 e. The average Bonchev–Trinajstić information content (AvgIpc) is 2.61. The summed E-state index contributed by atoms with van der Waals surface area (Å²) in [4.78, 5) is 0. The van der Waals surface area contributed by atoms with Crippen LogP contribution in [0.3, 0.4) is 0 Å². The van der Waals surface area contributed by atoms with E-state index in [9.17, 15) is 20.4 Å². The molecule has 2 heterocycles. The van der Waals surface area contributed by atoms with E-state index in [0.717, 1.165) is 0 Å². The summed E-state index contributed by atoms with van der Waals surface area (Å²) < 4.78 is 18.2. The fourth-order valence-corrected chi connectivity index (χ4v) is 5.26. The predicted octanol–water partition coefficient (Wildman–Crippen LogP) is 2.53. The Hall–Kier alpha value is -0.280. The van der Waals surface area contributed by atoms with Gasteiger partial charge in [0.1, 0.15) is 12.2 Å². The summed E-state index contributed by atoms with van der Waals surface area (Å²) in [6, 6.07) is 0. The van der Waals surface area contributed by atoms with Crippen molar-refractivity contribution in [2.24, 2.45) is 35.5 Å². The van der Waals surface area contributed by atoms with Crippen molar-refractivity contribution in [3.05, 3.63) is 0 Å². The van der Waals surface area contributed by atoms with E-state index in [1.807, 2.05) is 27.7 Å². The molecule has 2 aliphatic rings. The maximum atomic E-state index is 10.8. The van der Waals surface area contributed by atoms with Crippen molar-refractivity contribution in [3.8, 4) is 0 Å². The van der Waals surface area contributed by atoms with Gasteiger partial charge in [-0.15, -0.1) is 0 Å². The van der Waals surface area contributed by atoms with Crippen molar-refractivity contribution < 1.29 is 34.6 Å². The zero-order valence-electron chi connectivity index (χ0n) is 20.5. The molecule has 0 bridgehead atoms. The fraction of sp³-hybridized carbons (Fsp3) is 1.00. The molecule has 0 saturated carbocycles. The molecule has 0 aromatic carbocycles. The van der Waals surface area contributed by atoms with Crippen molar-refractivity contribution in [1.29, 1.82) is 0 Å². The first kappa shape index (κ1) is 27.0. The third kappa shape index (κ3) is 6.40. The molecule has 31 heavy (non-hydrogen) atoms. The first-order valence-corrected chi connectivity index (χ1v) is 12.0. The van der Waals surface area contributed by atoms with Crippen LogP contribution in [0.15, 0.2) is 0 Å². The first-order valence-electron chi connectivity index (χ1n) is 12.0. The van der Waals surface area contributed by atoms with E-state index in [-0.39, 0.29) is 35.9 Å². The standard InChI is InChI=1S/C24H46O7/c1-11(2)9-15-17(13(5)6)19(25)21(27)23(29-15)31-24-22(28)20(26)18(14(7)8)16(30-24)10-12(3)4/h11-28H,9-10H2,1-8H3/t15-,16-,17-,18-,19+,20+,21-,22-,23-,24-/m1/s1. The molecule has 0 unspecified atom stereocenters. The smallest absolute Gasteiger partial charge is 0.189 e. The van der Waals surface area contributed by atoms with Crippen LogP contribution in [0.2, 0.25) is 0 Å². The summed E-state index contributed by atoms with van der Waals surface area (Å²) in [7, 11) is 0. The van der Waals surface area contributed by atoms with Crippen molar-refractivity contribution in [3.63, 3.8) is 0 Å². The Balaban J connectivity index is 2.20. The van der Waals surface area contributed by atoms with Gasteiger partial charge in [0.2, 0.25) is 0 Å². The van der Waals surface area contributed by atoms with Gasteiger partial charge in [0, 0.05) is 11.8 Å². The molecule has 2 aliphatic heterocycles. The van der Waals surface area contributed by atoms with Crippen molar-refractivity contribution in [2.75, 3.05) is 0 Å². The highest BCUT2D eigenvalue weighted by molar-refractivity contribution is 4.94. The molecule has 2 rings (SSSR count). The van der Waals surface area contributed by atoms with Crippen LogP contribution in [-0.2, 0) is 14.2 Å². The second kappa shape index (κ2) is 11.2. The Bertz CT molecular complexity index is 492. The lowest BCUT2D eigenvalue weighted by atomic mass is 9.77. The summed E-state index contributed by atoms with van der Waals surface area (Å²) in [6.07, 6.45) is -5.99. The van der Waals surface area contributed by atoms with Crippen LogP contribution < -0.4 is 0 Å². The van der Waals surface area contributed by atoms with Gasteiger partial charge in [0.25, 0.3) is 0 Å². The number of hydrogen-bond acceptors (Lipinski definition) is 7. The lowest BCUT2D eigenvalue weighted by Gasteiger charge is -2.49. The molecule has 2 saturated heterocycles. The van der Waals surface area contributed by atoms with Gasteiger partial charge in [-0.05, 0) is 36.5 Å². The zero-order chi connectivity index (χ0) is 23.6. The van der Waals surface area contributed by atoms with Crippen molar-refractivity contribution in [2.45, 2.75) is 117 Å². The monoisotopic (exact) mass is 446 g/mol. The molecule has 4 N–H and O–H groups in total. The van der Waals surface area contributed by atoms with E-state index >= 15 is 0 Å². The van der Waals surface area contributed by atoms with E-state index in [0.29, 0.717) is 24.7 Å². The van der Waals surface area contributed by atoms with Crippen molar-refractivity contribution >= 4 is 0 Å². The van der Waals surface area contributed by atoms with Crippen LogP contribution in [0.5, 0.6) is 0 Å². The molecule has 7 heteroatoms. The molecule has 7 nitrogen and oxygen atoms in total. The second-order valence-electron chi connectivity index (χ2n) is 11.1. The number of ether oxygens (including phenoxy) is 3. The summed E-state index contributed by atoms with van der Waals surface area (Å²) >= 11 is 0. The minimum absolute atomic E-state index is 0.120. The molecule has 0 radical (unpaired) electrons. The van der Waals surface area contributed by atoms with Crippen LogP contribution in [0, 0.1) is 35.5 Å². The Kier molecular flexibility index (Phi) is 9.77. The van der Waals surface area contributed by atoms with Gasteiger partial charge in [-0.1, -0.05) is 55.4 Å². The lowest BCUT2D eigenvalue weighted by Crippen LogP contribution is -2.61. The quantitative estimate of drug-likeness (QED) is 0.454. The zero-order valence-corrected chi connectivity index (χ0v) is 20.5. The van der Waals surface area contributed by atoms with Gasteiger partial charge in [-0.3, -0.25) is 0 Å². The normalized spacial score (nSPS) is 42.2. The van der Waals surface area contributed by atoms with Gasteiger partial charge >= 0.3 is 0 Å². The van der Waals surface area contributed by atoms with E-state index in [4.69, 9.17) is 14.2 Å². The number of aliphatic hydroxyl groups is 4. The van der Waals surface area contributed by atoms with E-state index < -0.39 is 37.0 Å². The molecule has 0 spiro atoms. The van der Waals surface area contributed by atoms with Gasteiger partial charge in [0.05, 0.1) is 24.4 Å². The maximum absolute atomic E-state index is 10.8. The minimum atomic E-state index is -1.27. The Morgan fingerprint density at radius 2 is 0.903 bits per heavy atom. The number of rotatable bonds is 8. The SMILES string of the molecule is CC(C)C[C@H]1O[C@H](O[C@H]2O[C@H](CC(C)C)[C@@H](C(C)C)[C@H](O)[C@H]2O)[C@H](O)[C@@H](O)[C@@H]1C(C)C. The van der Waals surface area contributed by atoms with Crippen molar-refractivity contribution in [1.82, 2.24) is 0 Å². The molecular weight excluding hydrogens is 400 g/mol. The highest BCUT2D eigenvalue weighted by Gasteiger charge is 2.51. The maximum Gasteiger partial charge on any atom is 0.189 e. The minimum Gasteiger partial charge on any atom is -0.390 e. The highest BCUT2D eigenvalue weighted by atomic mass is 16.8. The third-order valence-corrected chi connectivity index (χ3v) is 6.74. The molecule has 0 aromatic rings. The fourth-order valence-electron chi connectivity index (χ4n) is 5.26. The van der Waals surface area contributed by atoms with Crippen LogP contribution in [-0.4, -0.2) is 69.6 Å². The lowest BCUT2D eigenvalue weighted by molar-refractivity contribution is -0.372. The Morgan fingerprint density at radius 1 is 0.581 bits per heavy atom. The first-order chi connectivity index (χ1) is 14.3.